The fraction of sp³-hybridized carbons (Fsp3) is 0.357. The second-order valence-corrected chi connectivity index (χ2v) is 10.4. The number of aromatic nitrogens is 5. The predicted octanol–water partition coefficient (Wildman–Crippen LogP) is 5.21. The maximum absolute atomic E-state index is 15.2. The SMILES string of the molecule is Cc1ccc(C(=O)Nc2cc(N3CCN(C(C)C)CC3)c(F)c(C(F)(F)F)c2)cc1-n1cc(-c2cn[nH]c2C)nn1. The summed E-state index contributed by atoms with van der Waals surface area (Å²) in [6.07, 6.45) is -1.60. The Balaban J connectivity index is 1.43. The predicted molar refractivity (Wildman–Crippen MR) is 147 cm³/mol. The largest absolute Gasteiger partial charge is 0.419 e. The third kappa shape index (κ3) is 5.80. The number of aryl methyl sites for hydroxylation is 2. The molecule has 2 aromatic carbocycles. The number of carbonyl (C=O) groups excluding carboxylic acids is 1. The van der Waals surface area contributed by atoms with Gasteiger partial charge in [-0.2, -0.15) is 18.3 Å². The standard InChI is InChI=1S/C28H30F4N8O/c1-16(2)38-7-9-39(10-8-38)25-13-20(12-22(26(25)29)28(30,31)32)34-27(41)19-6-5-17(3)24(11-19)40-15-23(36-37-40)21-14-33-35-18(21)4/h5-6,11-16H,7-10H2,1-4H3,(H,33,35)(H,34,41). The van der Waals surface area contributed by atoms with Crippen LogP contribution in [0.15, 0.2) is 42.7 Å². The molecule has 41 heavy (non-hydrogen) atoms. The van der Waals surface area contributed by atoms with Gasteiger partial charge in [-0.3, -0.25) is 14.8 Å². The smallest absolute Gasteiger partial charge is 0.367 e. The van der Waals surface area contributed by atoms with Crippen LogP contribution in [0.4, 0.5) is 28.9 Å². The first-order valence-corrected chi connectivity index (χ1v) is 13.2. The minimum Gasteiger partial charge on any atom is -0.367 e. The van der Waals surface area contributed by atoms with E-state index in [1.807, 2.05) is 27.7 Å². The van der Waals surface area contributed by atoms with Crippen LogP contribution >= 0.6 is 0 Å². The summed E-state index contributed by atoms with van der Waals surface area (Å²) in [7, 11) is 0. The summed E-state index contributed by atoms with van der Waals surface area (Å²) in [6, 6.07) is 7.02. The fourth-order valence-corrected chi connectivity index (χ4v) is 4.91. The normalized spacial score (nSPS) is 14.6. The van der Waals surface area contributed by atoms with Crippen LogP contribution in [0, 0.1) is 19.7 Å². The summed E-state index contributed by atoms with van der Waals surface area (Å²) in [5, 5.41) is 17.7. The molecule has 1 amide bonds. The molecule has 13 heteroatoms. The van der Waals surface area contributed by atoms with Crippen molar-refractivity contribution >= 4 is 17.3 Å². The van der Waals surface area contributed by atoms with Crippen LogP contribution in [0.2, 0.25) is 0 Å². The molecule has 5 rings (SSSR count). The molecule has 0 radical (unpaired) electrons. The zero-order valence-corrected chi connectivity index (χ0v) is 23.1. The van der Waals surface area contributed by atoms with Gasteiger partial charge in [-0.15, -0.1) is 5.10 Å². The number of nitrogens with zero attached hydrogens (tertiary/aromatic N) is 6. The van der Waals surface area contributed by atoms with E-state index >= 15 is 4.39 Å². The van der Waals surface area contributed by atoms with Crippen molar-refractivity contribution in [1.82, 2.24) is 30.1 Å². The number of aromatic amines is 1. The lowest BCUT2D eigenvalue weighted by molar-refractivity contribution is -0.139. The third-order valence-electron chi connectivity index (χ3n) is 7.32. The van der Waals surface area contributed by atoms with Crippen molar-refractivity contribution in [2.75, 3.05) is 36.4 Å². The topological polar surface area (TPSA) is 95.0 Å². The minimum atomic E-state index is -4.94. The highest BCUT2D eigenvalue weighted by molar-refractivity contribution is 6.05. The number of alkyl halides is 3. The molecule has 0 unspecified atom stereocenters. The molecular formula is C28H30F4N8O. The van der Waals surface area contributed by atoms with E-state index in [4.69, 9.17) is 0 Å². The van der Waals surface area contributed by atoms with Crippen molar-refractivity contribution in [1.29, 1.82) is 0 Å². The highest BCUT2D eigenvalue weighted by Crippen LogP contribution is 2.38. The summed E-state index contributed by atoms with van der Waals surface area (Å²) in [5.74, 6) is -1.99. The Labute approximate surface area is 234 Å². The Hall–Kier alpha value is -4.26. The molecule has 216 valence electrons. The van der Waals surface area contributed by atoms with Crippen molar-refractivity contribution < 1.29 is 22.4 Å². The van der Waals surface area contributed by atoms with E-state index < -0.39 is 23.5 Å². The number of benzene rings is 2. The van der Waals surface area contributed by atoms with Crippen LogP contribution in [0.25, 0.3) is 16.9 Å². The Morgan fingerprint density at radius 1 is 1.05 bits per heavy atom. The van der Waals surface area contributed by atoms with Gasteiger partial charge in [0.1, 0.15) is 5.69 Å². The second kappa shape index (κ2) is 11.0. The van der Waals surface area contributed by atoms with Crippen LogP contribution in [0.5, 0.6) is 0 Å². The zero-order chi connectivity index (χ0) is 29.5. The van der Waals surface area contributed by atoms with E-state index in [2.05, 4.69) is 30.7 Å². The molecule has 1 aliphatic heterocycles. The average Bonchev–Trinajstić information content (AvgIpc) is 3.58. The molecular weight excluding hydrogens is 540 g/mol. The van der Waals surface area contributed by atoms with Gasteiger partial charge in [-0.05, 0) is 57.5 Å². The number of rotatable bonds is 6. The Morgan fingerprint density at radius 2 is 1.78 bits per heavy atom. The molecule has 0 spiro atoms. The molecule has 1 saturated heterocycles. The van der Waals surface area contributed by atoms with Gasteiger partial charge in [-0.1, -0.05) is 11.3 Å². The van der Waals surface area contributed by atoms with E-state index in [1.165, 1.54) is 10.7 Å². The fourth-order valence-electron chi connectivity index (χ4n) is 4.91. The molecule has 2 N–H and O–H groups in total. The molecule has 0 atom stereocenters. The van der Waals surface area contributed by atoms with E-state index in [-0.39, 0.29) is 23.0 Å². The van der Waals surface area contributed by atoms with Gasteiger partial charge < -0.3 is 10.2 Å². The molecule has 0 aliphatic carbocycles. The maximum Gasteiger partial charge on any atom is 0.419 e. The first-order valence-electron chi connectivity index (χ1n) is 13.2. The molecule has 2 aromatic heterocycles. The van der Waals surface area contributed by atoms with Gasteiger partial charge in [0.05, 0.1) is 29.3 Å². The lowest BCUT2D eigenvalue weighted by atomic mass is 10.1. The van der Waals surface area contributed by atoms with Gasteiger partial charge in [0.25, 0.3) is 5.91 Å². The second-order valence-electron chi connectivity index (χ2n) is 10.4. The summed E-state index contributed by atoms with van der Waals surface area (Å²) < 4.78 is 58.1. The number of H-pyrrole nitrogens is 1. The Morgan fingerprint density at radius 3 is 2.41 bits per heavy atom. The first-order chi connectivity index (χ1) is 19.4. The van der Waals surface area contributed by atoms with Gasteiger partial charge in [0, 0.05) is 54.7 Å². The zero-order valence-electron chi connectivity index (χ0n) is 23.1. The number of amides is 1. The molecule has 0 bridgehead atoms. The summed E-state index contributed by atoms with van der Waals surface area (Å²) >= 11 is 0. The first kappa shape index (κ1) is 28.3. The van der Waals surface area contributed by atoms with Crippen molar-refractivity contribution in [3.8, 4) is 16.9 Å². The van der Waals surface area contributed by atoms with Crippen molar-refractivity contribution in [3.63, 3.8) is 0 Å². The lowest BCUT2D eigenvalue weighted by Gasteiger charge is -2.38. The molecule has 1 aliphatic rings. The van der Waals surface area contributed by atoms with Crippen molar-refractivity contribution in [2.45, 2.75) is 39.9 Å². The number of hydrogen-bond donors (Lipinski definition) is 2. The number of nitrogens with one attached hydrogen (secondary N) is 2. The third-order valence-corrected chi connectivity index (χ3v) is 7.32. The van der Waals surface area contributed by atoms with E-state index in [0.29, 0.717) is 43.6 Å². The van der Waals surface area contributed by atoms with Crippen LogP contribution in [-0.4, -0.2) is 68.2 Å². The number of anilines is 2. The quantitative estimate of drug-likeness (QED) is 0.309. The van der Waals surface area contributed by atoms with E-state index in [0.717, 1.165) is 16.8 Å². The number of piperazine rings is 1. The summed E-state index contributed by atoms with van der Waals surface area (Å²) in [6.45, 7) is 9.67. The van der Waals surface area contributed by atoms with Gasteiger partial charge in [-0.25, -0.2) is 9.07 Å². The molecule has 4 aromatic rings. The number of hydrogen-bond acceptors (Lipinski definition) is 6. The van der Waals surface area contributed by atoms with Crippen LogP contribution in [0.1, 0.15) is 41.0 Å². The molecule has 1 fully saturated rings. The molecule has 9 nitrogen and oxygen atoms in total. The van der Waals surface area contributed by atoms with E-state index in [1.54, 1.807) is 35.5 Å². The van der Waals surface area contributed by atoms with E-state index in [9.17, 15) is 18.0 Å². The molecule has 3 heterocycles. The lowest BCUT2D eigenvalue weighted by Crippen LogP contribution is -2.49. The monoisotopic (exact) mass is 570 g/mol. The number of carbonyl (C=O) groups is 1. The number of halogens is 4. The minimum absolute atomic E-state index is 0.148. The van der Waals surface area contributed by atoms with Crippen LogP contribution in [-0.2, 0) is 6.18 Å². The summed E-state index contributed by atoms with van der Waals surface area (Å²) in [4.78, 5) is 17.0. The molecule has 0 saturated carbocycles. The Bertz CT molecular complexity index is 1570. The highest BCUT2D eigenvalue weighted by atomic mass is 19.4. The highest BCUT2D eigenvalue weighted by Gasteiger charge is 2.37. The Kier molecular flexibility index (Phi) is 7.56. The van der Waals surface area contributed by atoms with Gasteiger partial charge in [0.2, 0.25) is 0 Å². The maximum atomic E-state index is 15.2. The van der Waals surface area contributed by atoms with Crippen molar-refractivity contribution in [3.05, 3.63) is 70.9 Å². The van der Waals surface area contributed by atoms with Crippen LogP contribution in [0.3, 0.4) is 0 Å². The summed E-state index contributed by atoms with van der Waals surface area (Å²) in [5.41, 5.74) is 1.97. The van der Waals surface area contributed by atoms with Gasteiger partial charge in [0.15, 0.2) is 5.82 Å². The van der Waals surface area contributed by atoms with Gasteiger partial charge >= 0.3 is 6.18 Å². The average molecular weight is 571 g/mol. The van der Waals surface area contributed by atoms with Crippen LogP contribution < -0.4 is 10.2 Å². The van der Waals surface area contributed by atoms with Crippen molar-refractivity contribution in [2.24, 2.45) is 0 Å².